The number of halogens is 7. The van der Waals surface area contributed by atoms with E-state index in [0.29, 0.717) is 17.0 Å². The summed E-state index contributed by atoms with van der Waals surface area (Å²) in [6.45, 7) is 0. The van der Waals surface area contributed by atoms with E-state index in [-0.39, 0.29) is 16.4 Å². The van der Waals surface area contributed by atoms with Gasteiger partial charge < -0.3 is 16.4 Å². The van der Waals surface area contributed by atoms with Crippen LogP contribution in [0.2, 0.25) is 5.02 Å². The minimum Gasteiger partial charge on any atom is -0.369 e. The van der Waals surface area contributed by atoms with Crippen LogP contribution < -0.4 is 16.4 Å². The number of para-hydroxylation sites is 1. The summed E-state index contributed by atoms with van der Waals surface area (Å²) in [5, 5.41) is 4.97. The van der Waals surface area contributed by atoms with E-state index in [0.717, 1.165) is 18.4 Å². The van der Waals surface area contributed by atoms with Crippen LogP contribution in [0.3, 0.4) is 0 Å². The number of nitrogens with two attached hydrogens (primary N) is 1. The van der Waals surface area contributed by atoms with Crippen LogP contribution in [0.15, 0.2) is 47.5 Å². The number of carbonyl (C=O) groups is 3. The number of alkyl halides is 6. The van der Waals surface area contributed by atoms with Crippen molar-refractivity contribution in [2.24, 2.45) is 22.6 Å². The first kappa shape index (κ1) is 31.3. The van der Waals surface area contributed by atoms with E-state index >= 15 is 0 Å². The number of nitrogens with one attached hydrogen (secondary N) is 2. The Balaban J connectivity index is 1.70. The van der Waals surface area contributed by atoms with E-state index < -0.39 is 73.8 Å². The van der Waals surface area contributed by atoms with Gasteiger partial charge in [-0.15, -0.1) is 0 Å². The van der Waals surface area contributed by atoms with E-state index in [1.807, 2.05) is 12.1 Å². The van der Waals surface area contributed by atoms with Gasteiger partial charge in [-0.25, -0.2) is 4.99 Å². The van der Waals surface area contributed by atoms with Crippen molar-refractivity contribution in [3.05, 3.63) is 64.2 Å². The van der Waals surface area contributed by atoms with Gasteiger partial charge in [0.15, 0.2) is 0 Å². The third kappa shape index (κ3) is 8.02. The SMILES string of the molecule is NC(=O)C(CCC(F)(F)F)C(CCC(F)(F)F)C(=O)NC1N=C(c2cccc(C3CC3)c2)c2cccc(Cl)c2NC1=O. The summed E-state index contributed by atoms with van der Waals surface area (Å²) >= 11 is 6.35. The minimum atomic E-state index is -4.78. The van der Waals surface area contributed by atoms with Gasteiger partial charge in [-0.3, -0.25) is 14.4 Å². The summed E-state index contributed by atoms with van der Waals surface area (Å²) in [6.07, 6.45) is -14.4. The van der Waals surface area contributed by atoms with Gasteiger partial charge in [-0.2, -0.15) is 26.3 Å². The maximum absolute atomic E-state index is 13.3. The summed E-state index contributed by atoms with van der Waals surface area (Å²) in [6, 6.07) is 12.1. The molecule has 2 aliphatic rings. The average molecular weight is 617 g/mol. The molecule has 2 aromatic carbocycles. The van der Waals surface area contributed by atoms with Gasteiger partial charge in [0.1, 0.15) is 0 Å². The lowest BCUT2D eigenvalue weighted by Gasteiger charge is -2.26. The van der Waals surface area contributed by atoms with Crippen LogP contribution in [-0.2, 0) is 14.4 Å². The van der Waals surface area contributed by atoms with E-state index in [4.69, 9.17) is 17.3 Å². The van der Waals surface area contributed by atoms with Crippen molar-refractivity contribution in [3.8, 4) is 0 Å². The highest BCUT2D eigenvalue weighted by atomic mass is 35.5. The molecule has 0 spiro atoms. The molecule has 7 nitrogen and oxygen atoms in total. The molecule has 1 fully saturated rings. The molecular weight excluding hydrogens is 590 g/mol. The third-order valence-electron chi connectivity index (χ3n) is 7.18. The second kappa shape index (κ2) is 12.3. The number of amides is 3. The van der Waals surface area contributed by atoms with Crippen LogP contribution in [0.4, 0.5) is 32.0 Å². The molecule has 1 saturated carbocycles. The highest BCUT2D eigenvalue weighted by Gasteiger charge is 2.40. The first-order chi connectivity index (χ1) is 19.6. The predicted molar refractivity (Wildman–Crippen MR) is 143 cm³/mol. The normalized spacial score (nSPS) is 18.7. The molecule has 14 heteroatoms. The summed E-state index contributed by atoms with van der Waals surface area (Å²) in [5.74, 6) is -6.96. The fourth-order valence-corrected chi connectivity index (χ4v) is 5.14. The minimum absolute atomic E-state index is 0.155. The number of benzodiazepines with no additional fused rings is 1. The van der Waals surface area contributed by atoms with Crippen LogP contribution in [0.25, 0.3) is 0 Å². The number of benzene rings is 2. The smallest absolute Gasteiger partial charge is 0.369 e. The zero-order valence-corrected chi connectivity index (χ0v) is 22.7. The summed E-state index contributed by atoms with van der Waals surface area (Å²) in [4.78, 5) is 43.1. The molecule has 0 bridgehead atoms. The maximum Gasteiger partial charge on any atom is 0.389 e. The van der Waals surface area contributed by atoms with Crippen molar-refractivity contribution in [3.63, 3.8) is 0 Å². The van der Waals surface area contributed by atoms with Crippen LogP contribution in [0.5, 0.6) is 0 Å². The second-order valence-electron chi connectivity index (χ2n) is 10.4. The Morgan fingerprint density at radius 1 is 1.00 bits per heavy atom. The van der Waals surface area contributed by atoms with Crippen LogP contribution in [0.1, 0.15) is 61.1 Å². The lowest BCUT2D eigenvalue weighted by atomic mass is 9.83. The Morgan fingerprint density at radius 3 is 2.21 bits per heavy atom. The number of hydrogen-bond acceptors (Lipinski definition) is 4. The molecule has 4 N–H and O–H groups in total. The van der Waals surface area contributed by atoms with Crippen molar-refractivity contribution in [1.82, 2.24) is 5.32 Å². The van der Waals surface area contributed by atoms with Crippen molar-refractivity contribution in [2.75, 3.05) is 5.32 Å². The highest BCUT2D eigenvalue weighted by Crippen LogP contribution is 2.41. The van der Waals surface area contributed by atoms with Crippen molar-refractivity contribution in [1.29, 1.82) is 0 Å². The lowest BCUT2D eigenvalue weighted by Crippen LogP contribution is -2.48. The van der Waals surface area contributed by atoms with Gasteiger partial charge >= 0.3 is 12.4 Å². The molecular formula is C28H27ClF6N4O3. The molecule has 0 radical (unpaired) electrons. The number of aliphatic imine (C=N–C) groups is 1. The number of carbonyl (C=O) groups excluding carboxylic acids is 3. The molecule has 2 aromatic rings. The van der Waals surface area contributed by atoms with Gasteiger partial charge in [0.25, 0.3) is 5.91 Å². The largest absolute Gasteiger partial charge is 0.389 e. The van der Waals surface area contributed by atoms with Crippen LogP contribution in [0, 0.1) is 11.8 Å². The molecule has 0 aromatic heterocycles. The number of anilines is 1. The Bertz CT molecular complexity index is 1390. The molecule has 3 amide bonds. The summed E-state index contributed by atoms with van der Waals surface area (Å²) in [5.41, 5.74) is 7.71. The molecule has 3 atom stereocenters. The Labute approximate surface area is 241 Å². The molecule has 226 valence electrons. The first-order valence-electron chi connectivity index (χ1n) is 13.1. The molecule has 1 aliphatic carbocycles. The fourth-order valence-electron chi connectivity index (χ4n) is 4.92. The monoisotopic (exact) mass is 616 g/mol. The standard InChI is InChI=1S/C28H27ClF6N4O3/c29-20-6-2-5-19-21(16-4-1-3-15(13-16)14-7-8-14)37-24(26(42)38-22(19)20)39-25(41)18(10-12-28(33,34)35)17(23(36)40)9-11-27(30,31)32/h1-6,13-14,17-18,24H,7-12H2,(H2,36,40)(H,38,42)(H,39,41). The Kier molecular flexibility index (Phi) is 9.19. The molecule has 3 unspecified atom stereocenters. The average Bonchev–Trinajstić information content (AvgIpc) is 3.74. The number of fused-ring (bicyclic) bond motifs is 1. The Hall–Kier alpha value is -3.61. The van der Waals surface area contributed by atoms with Crippen molar-refractivity contribution in [2.45, 2.75) is 63.0 Å². The molecule has 42 heavy (non-hydrogen) atoms. The number of rotatable bonds is 10. The zero-order valence-electron chi connectivity index (χ0n) is 22.0. The van der Waals surface area contributed by atoms with E-state index in [1.54, 1.807) is 24.3 Å². The van der Waals surface area contributed by atoms with Gasteiger partial charge in [-0.05, 0) is 49.3 Å². The van der Waals surface area contributed by atoms with Gasteiger partial charge in [-0.1, -0.05) is 41.9 Å². The topological polar surface area (TPSA) is 114 Å². The predicted octanol–water partition coefficient (Wildman–Crippen LogP) is 5.85. The molecule has 1 heterocycles. The van der Waals surface area contributed by atoms with Crippen LogP contribution >= 0.6 is 11.6 Å². The van der Waals surface area contributed by atoms with E-state index in [2.05, 4.69) is 15.6 Å². The molecule has 1 aliphatic heterocycles. The summed E-state index contributed by atoms with van der Waals surface area (Å²) in [7, 11) is 0. The number of primary amides is 1. The third-order valence-corrected chi connectivity index (χ3v) is 7.49. The van der Waals surface area contributed by atoms with Crippen molar-refractivity contribution >= 4 is 40.7 Å². The first-order valence-corrected chi connectivity index (χ1v) is 13.5. The Morgan fingerprint density at radius 2 is 1.62 bits per heavy atom. The summed E-state index contributed by atoms with van der Waals surface area (Å²) < 4.78 is 78.0. The van der Waals surface area contributed by atoms with E-state index in [9.17, 15) is 40.7 Å². The maximum atomic E-state index is 13.3. The van der Waals surface area contributed by atoms with E-state index in [1.165, 1.54) is 6.07 Å². The highest BCUT2D eigenvalue weighted by molar-refractivity contribution is 6.36. The zero-order chi connectivity index (χ0) is 30.8. The van der Waals surface area contributed by atoms with Gasteiger partial charge in [0.2, 0.25) is 18.0 Å². The number of hydrogen-bond donors (Lipinski definition) is 3. The second-order valence-corrected chi connectivity index (χ2v) is 10.8. The molecule has 0 saturated heterocycles. The number of nitrogens with zero attached hydrogens (tertiary/aromatic N) is 1. The quantitative estimate of drug-likeness (QED) is 0.291. The van der Waals surface area contributed by atoms with Gasteiger partial charge in [0, 0.05) is 35.8 Å². The lowest BCUT2D eigenvalue weighted by molar-refractivity contribution is -0.152. The molecule has 4 rings (SSSR count). The van der Waals surface area contributed by atoms with Crippen LogP contribution in [-0.4, -0.2) is 42.0 Å². The van der Waals surface area contributed by atoms with Gasteiger partial charge in [0.05, 0.1) is 16.4 Å². The fraction of sp³-hybridized carbons (Fsp3) is 0.429. The van der Waals surface area contributed by atoms with Crippen molar-refractivity contribution < 1.29 is 40.7 Å².